The van der Waals surface area contributed by atoms with Crippen molar-refractivity contribution in [3.8, 4) is 0 Å². The first-order valence-corrected chi connectivity index (χ1v) is 8.39. The van der Waals surface area contributed by atoms with E-state index in [0.29, 0.717) is 31.6 Å². The number of hydrogen-bond donors (Lipinski definition) is 2. The van der Waals surface area contributed by atoms with Gasteiger partial charge in [0.25, 0.3) is 0 Å². The first-order valence-electron chi connectivity index (χ1n) is 8.39. The van der Waals surface area contributed by atoms with Gasteiger partial charge in [0.2, 0.25) is 11.8 Å². The molecule has 0 saturated heterocycles. The molecule has 1 aliphatic rings. The largest absolute Gasteiger partial charge is 0.356 e. The second-order valence-corrected chi connectivity index (χ2v) is 5.82. The molecule has 23 heavy (non-hydrogen) atoms. The van der Waals surface area contributed by atoms with Crippen LogP contribution in [0.4, 0.5) is 5.82 Å². The van der Waals surface area contributed by atoms with Crippen LogP contribution in [0.15, 0.2) is 36.0 Å². The molecule has 0 radical (unpaired) electrons. The molecule has 1 aliphatic carbocycles. The lowest BCUT2D eigenvalue weighted by Crippen LogP contribution is -2.25. The molecule has 124 valence electrons. The van der Waals surface area contributed by atoms with Crippen LogP contribution in [0.3, 0.4) is 0 Å². The fourth-order valence-corrected chi connectivity index (χ4v) is 2.63. The molecular weight excluding hydrogens is 290 g/mol. The number of nitrogens with zero attached hydrogens (tertiary/aromatic N) is 1. The Morgan fingerprint density at radius 3 is 2.74 bits per heavy atom. The number of amides is 2. The molecule has 0 aromatic carbocycles. The molecule has 0 bridgehead atoms. The van der Waals surface area contributed by atoms with Gasteiger partial charge in [0.05, 0.1) is 0 Å². The van der Waals surface area contributed by atoms with Gasteiger partial charge in [-0.3, -0.25) is 9.59 Å². The van der Waals surface area contributed by atoms with Crippen LogP contribution >= 0.6 is 0 Å². The predicted molar refractivity (Wildman–Crippen MR) is 90.9 cm³/mol. The van der Waals surface area contributed by atoms with E-state index in [9.17, 15) is 9.59 Å². The normalized spacial score (nSPS) is 14.0. The molecule has 5 heteroatoms. The number of pyridine rings is 1. The Morgan fingerprint density at radius 2 is 2.00 bits per heavy atom. The van der Waals surface area contributed by atoms with E-state index in [2.05, 4.69) is 21.7 Å². The summed E-state index contributed by atoms with van der Waals surface area (Å²) in [5, 5.41) is 5.64. The first-order chi connectivity index (χ1) is 11.2. The fourth-order valence-electron chi connectivity index (χ4n) is 2.63. The Labute approximate surface area is 137 Å². The van der Waals surface area contributed by atoms with E-state index in [-0.39, 0.29) is 11.8 Å². The van der Waals surface area contributed by atoms with Crippen LogP contribution in [-0.4, -0.2) is 23.3 Å². The molecule has 0 fully saturated rings. The number of carbonyl (C=O) groups is 2. The van der Waals surface area contributed by atoms with Gasteiger partial charge in [-0.05, 0) is 50.7 Å². The van der Waals surface area contributed by atoms with Crippen LogP contribution in [0.1, 0.15) is 51.4 Å². The van der Waals surface area contributed by atoms with Crippen LogP contribution in [0.5, 0.6) is 0 Å². The Hall–Kier alpha value is -2.17. The number of carbonyl (C=O) groups excluding carboxylic acids is 2. The van der Waals surface area contributed by atoms with Crippen molar-refractivity contribution in [1.29, 1.82) is 0 Å². The van der Waals surface area contributed by atoms with Gasteiger partial charge in [-0.15, -0.1) is 0 Å². The van der Waals surface area contributed by atoms with E-state index < -0.39 is 0 Å². The van der Waals surface area contributed by atoms with Gasteiger partial charge in [-0.25, -0.2) is 4.98 Å². The highest BCUT2D eigenvalue weighted by Gasteiger charge is 2.07. The zero-order valence-corrected chi connectivity index (χ0v) is 13.5. The molecule has 2 rings (SSSR count). The van der Waals surface area contributed by atoms with E-state index in [1.54, 1.807) is 18.3 Å². The number of anilines is 1. The second-order valence-electron chi connectivity index (χ2n) is 5.82. The molecule has 1 heterocycles. The Kier molecular flexibility index (Phi) is 7.30. The van der Waals surface area contributed by atoms with Crippen LogP contribution in [0.25, 0.3) is 0 Å². The van der Waals surface area contributed by atoms with Crippen molar-refractivity contribution >= 4 is 17.6 Å². The van der Waals surface area contributed by atoms with Gasteiger partial charge < -0.3 is 10.6 Å². The maximum absolute atomic E-state index is 11.7. The molecule has 0 saturated carbocycles. The van der Waals surface area contributed by atoms with Crippen molar-refractivity contribution in [2.45, 2.75) is 51.4 Å². The SMILES string of the molecule is O=C(CCCC(=O)Nc1ccccn1)NCCC1=CCCCC1. The summed E-state index contributed by atoms with van der Waals surface area (Å²) in [6.07, 6.45) is 11.0. The molecule has 1 aromatic heterocycles. The average Bonchev–Trinajstić information content (AvgIpc) is 2.57. The van der Waals surface area contributed by atoms with E-state index in [1.165, 1.54) is 31.3 Å². The predicted octanol–water partition coefficient (Wildman–Crippen LogP) is 3.20. The molecule has 2 N–H and O–H groups in total. The summed E-state index contributed by atoms with van der Waals surface area (Å²) in [5.74, 6) is 0.457. The third-order valence-electron chi connectivity index (χ3n) is 3.89. The number of hydrogen-bond acceptors (Lipinski definition) is 3. The van der Waals surface area contributed by atoms with Crippen LogP contribution in [0.2, 0.25) is 0 Å². The lowest BCUT2D eigenvalue weighted by Gasteiger charge is -2.12. The minimum absolute atomic E-state index is 0.0204. The Balaban J connectivity index is 1.54. The molecule has 1 aromatic rings. The molecular formula is C18H25N3O2. The zero-order valence-electron chi connectivity index (χ0n) is 13.5. The minimum Gasteiger partial charge on any atom is -0.356 e. The number of rotatable bonds is 8. The smallest absolute Gasteiger partial charge is 0.225 e. The molecule has 0 atom stereocenters. The standard InChI is InChI=1S/C18H25N3O2/c22-17(20-14-12-15-7-2-1-3-8-15)10-6-11-18(23)21-16-9-4-5-13-19-16/h4-5,7,9,13H,1-3,6,8,10-12,14H2,(H,20,22)(H,19,21,23). The van der Waals surface area contributed by atoms with E-state index in [4.69, 9.17) is 0 Å². The summed E-state index contributed by atoms with van der Waals surface area (Å²) in [5.41, 5.74) is 1.46. The molecule has 0 unspecified atom stereocenters. The average molecular weight is 315 g/mol. The Bertz CT molecular complexity index is 540. The quantitative estimate of drug-likeness (QED) is 0.724. The van der Waals surface area contributed by atoms with Gasteiger partial charge in [0.1, 0.15) is 5.82 Å². The van der Waals surface area contributed by atoms with Crippen LogP contribution in [0, 0.1) is 0 Å². The zero-order chi connectivity index (χ0) is 16.3. The second kappa shape index (κ2) is 9.77. The minimum atomic E-state index is -0.108. The number of aromatic nitrogens is 1. The fraction of sp³-hybridized carbons (Fsp3) is 0.500. The molecule has 5 nitrogen and oxygen atoms in total. The highest BCUT2D eigenvalue weighted by atomic mass is 16.2. The third kappa shape index (κ3) is 7.08. The van der Waals surface area contributed by atoms with Crippen molar-refractivity contribution in [3.05, 3.63) is 36.0 Å². The topological polar surface area (TPSA) is 71.1 Å². The van der Waals surface area contributed by atoms with Crippen LogP contribution in [-0.2, 0) is 9.59 Å². The van der Waals surface area contributed by atoms with Gasteiger partial charge in [0.15, 0.2) is 0 Å². The monoisotopic (exact) mass is 315 g/mol. The summed E-state index contributed by atoms with van der Waals surface area (Å²) in [7, 11) is 0. The third-order valence-corrected chi connectivity index (χ3v) is 3.89. The molecule has 0 aliphatic heterocycles. The van der Waals surface area contributed by atoms with Gasteiger partial charge in [-0.1, -0.05) is 17.7 Å². The van der Waals surface area contributed by atoms with Crippen LogP contribution < -0.4 is 10.6 Å². The summed E-state index contributed by atoms with van der Waals surface area (Å²) in [6, 6.07) is 5.35. The van der Waals surface area contributed by atoms with Crippen molar-refractivity contribution in [2.24, 2.45) is 0 Å². The first kappa shape index (κ1) is 17.2. The summed E-state index contributed by atoms with van der Waals surface area (Å²) < 4.78 is 0. The van der Waals surface area contributed by atoms with Crippen molar-refractivity contribution < 1.29 is 9.59 Å². The summed E-state index contributed by atoms with van der Waals surface area (Å²) >= 11 is 0. The maximum Gasteiger partial charge on any atom is 0.225 e. The summed E-state index contributed by atoms with van der Waals surface area (Å²) in [4.78, 5) is 27.5. The number of allylic oxidation sites excluding steroid dienone is 1. The highest BCUT2D eigenvalue weighted by molar-refractivity contribution is 5.90. The van der Waals surface area contributed by atoms with E-state index in [0.717, 1.165) is 6.42 Å². The maximum atomic E-state index is 11.7. The van der Waals surface area contributed by atoms with Gasteiger partial charge in [0, 0.05) is 25.6 Å². The van der Waals surface area contributed by atoms with Gasteiger partial charge in [-0.2, -0.15) is 0 Å². The lowest BCUT2D eigenvalue weighted by molar-refractivity contribution is -0.121. The molecule has 0 spiro atoms. The summed E-state index contributed by atoms with van der Waals surface area (Å²) in [6.45, 7) is 0.699. The van der Waals surface area contributed by atoms with Crippen molar-refractivity contribution in [2.75, 3.05) is 11.9 Å². The highest BCUT2D eigenvalue weighted by Crippen LogP contribution is 2.19. The van der Waals surface area contributed by atoms with Crippen molar-refractivity contribution in [1.82, 2.24) is 10.3 Å². The van der Waals surface area contributed by atoms with Gasteiger partial charge >= 0.3 is 0 Å². The molecule has 2 amide bonds. The van der Waals surface area contributed by atoms with E-state index in [1.807, 2.05) is 6.07 Å². The van der Waals surface area contributed by atoms with Crippen molar-refractivity contribution in [3.63, 3.8) is 0 Å². The Morgan fingerprint density at radius 1 is 1.13 bits per heavy atom. The lowest BCUT2D eigenvalue weighted by atomic mass is 9.97. The van der Waals surface area contributed by atoms with E-state index >= 15 is 0 Å². The number of nitrogens with one attached hydrogen (secondary N) is 2.